The summed E-state index contributed by atoms with van der Waals surface area (Å²) in [6.45, 7) is 2.36. The molecule has 1 fully saturated rings. The number of aromatic nitrogens is 2. The predicted molar refractivity (Wildman–Crippen MR) is 125 cm³/mol. The number of thiocarbonyl (C=S) groups is 1. The Morgan fingerprint density at radius 3 is 2.72 bits per heavy atom. The Kier molecular flexibility index (Phi) is 6.53. The highest BCUT2D eigenvalue weighted by molar-refractivity contribution is 9.10. The average molecular weight is 475 g/mol. The molecule has 8 nitrogen and oxygen atoms in total. The molecule has 2 aliphatic rings. The van der Waals surface area contributed by atoms with Gasteiger partial charge in [0.25, 0.3) is 0 Å². The molecule has 0 saturated heterocycles. The first-order valence-electron chi connectivity index (χ1n) is 9.59. The lowest BCUT2D eigenvalue weighted by Crippen LogP contribution is -2.30. The van der Waals surface area contributed by atoms with E-state index in [9.17, 15) is 0 Å². The van der Waals surface area contributed by atoms with Crippen LogP contribution in [0.3, 0.4) is 0 Å². The third kappa shape index (κ3) is 6.09. The smallest absolute Gasteiger partial charge is 0.229 e. The van der Waals surface area contributed by atoms with Gasteiger partial charge in [0.15, 0.2) is 5.11 Å². The van der Waals surface area contributed by atoms with E-state index < -0.39 is 0 Å². The van der Waals surface area contributed by atoms with Crippen LogP contribution in [0.15, 0.2) is 39.9 Å². The maximum atomic E-state index is 5.31. The summed E-state index contributed by atoms with van der Waals surface area (Å²) in [6, 6.07) is 8.41. The van der Waals surface area contributed by atoms with E-state index in [0.29, 0.717) is 17.1 Å². The quantitative estimate of drug-likeness (QED) is 0.372. The number of nitrogens with zero attached hydrogens (tertiary/aromatic N) is 3. The number of benzene rings is 1. The first kappa shape index (κ1) is 20.0. The number of anilines is 4. The van der Waals surface area contributed by atoms with Gasteiger partial charge in [0.05, 0.1) is 11.1 Å². The summed E-state index contributed by atoms with van der Waals surface area (Å²) in [5, 5.41) is 16.9. The van der Waals surface area contributed by atoms with Crippen molar-refractivity contribution in [2.45, 2.75) is 25.3 Å². The molecule has 0 spiro atoms. The molecule has 5 N–H and O–H groups in total. The highest BCUT2D eigenvalue weighted by Gasteiger charge is 2.21. The van der Waals surface area contributed by atoms with Gasteiger partial charge < -0.3 is 21.3 Å². The fraction of sp³-hybridized carbons (Fsp3) is 0.368. The van der Waals surface area contributed by atoms with Crippen molar-refractivity contribution in [2.24, 2.45) is 4.99 Å². The molecule has 152 valence electrons. The molecule has 2 aromatic rings. The summed E-state index contributed by atoms with van der Waals surface area (Å²) < 4.78 is 0.825. The molecule has 1 aliphatic heterocycles. The minimum absolute atomic E-state index is 0.530. The SMILES string of the molecule is S=C(Nc1ccc(Nc2ncc(Br)c(NCCC3=NCNC3)n2)cc1)NC1CC1. The van der Waals surface area contributed by atoms with Crippen LogP contribution in [0, 0.1) is 0 Å². The molecular formula is C19H23BrN8S. The van der Waals surface area contributed by atoms with Crippen molar-refractivity contribution in [1.82, 2.24) is 20.6 Å². The van der Waals surface area contributed by atoms with Gasteiger partial charge in [-0.3, -0.25) is 10.3 Å². The Hall–Kier alpha value is -2.30. The Morgan fingerprint density at radius 2 is 2.00 bits per heavy atom. The van der Waals surface area contributed by atoms with Crippen LogP contribution in [-0.2, 0) is 0 Å². The zero-order valence-electron chi connectivity index (χ0n) is 15.8. The fourth-order valence-electron chi connectivity index (χ4n) is 2.81. The zero-order chi connectivity index (χ0) is 20.1. The first-order chi connectivity index (χ1) is 14.2. The summed E-state index contributed by atoms with van der Waals surface area (Å²) in [7, 11) is 0. The van der Waals surface area contributed by atoms with Crippen LogP contribution in [0.1, 0.15) is 19.3 Å². The molecule has 0 bridgehead atoms. The highest BCUT2D eigenvalue weighted by Crippen LogP contribution is 2.23. The fourth-order valence-corrected chi connectivity index (χ4v) is 3.43. The van der Waals surface area contributed by atoms with Crippen LogP contribution in [-0.4, -0.2) is 46.6 Å². The van der Waals surface area contributed by atoms with E-state index in [0.717, 1.165) is 47.8 Å². The number of hydrogen-bond donors (Lipinski definition) is 5. The van der Waals surface area contributed by atoms with E-state index in [1.807, 2.05) is 24.3 Å². The van der Waals surface area contributed by atoms with Crippen molar-refractivity contribution >= 4 is 62.1 Å². The molecule has 2 heterocycles. The zero-order valence-corrected chi connectivity index (χ0v) is 18.2. The van der Waals surface area contributed by atoms with Gasteiger partial charge in [-0.15, -0.1) is 0 Å². The van der Waals surface area contributed by atoms with Crippen LogP contribution in [0.2, 0.25) is 0 Å². The minimum atomic E-state index is 0.530. The topological polar surface area (TPSA) is 98.3 Å². The molecule has 0 unspecified atom stereocenters. The third-order valence-corrected chi connectivity index (χ3v) is 5.31. The lowest BCUT2D eigenvalue weighted by atomic mass is 10.3. The van der Waals surface area contributed by atoms with Gasteiger partial charge in [-0.05, 0) is 65.3 Å². The molecule has 0 radical (unpaired) electrons. The number of halogens is 1. The van der Waals surface area contributed by atoms with Crippen LogP contribution in [0.5, 0.6) is 0 Å². The largest absolute Gasteiger partial charge is 0.369 e. The Morgan fingerprint density at radius 1 is 1.21 bits per heavy atom. The third-order valence-electron chi connectivity index (χ3n) is 4.51. The average Bonchev–Trinajstić information content (AvgIpc) is 3.36. The van der Waals surface area contributed by atoms with Crippen LogP contribution in [0.25, 0.3) is 0 Å². The van der Waals surface area contributed by atoms with E-state index in [-0.39, 0.29) is 0 Å². The molecule has 0 amide bonds. The van der Waals surface area contributed by atoms with Crippen molar-refractivity contribution in [3.05, 3.63) is 34.9 Å². The van der Waals surface area contributed by atoms with Crippen molar-refractivity contribution in [1.29, 1.82) is 0 Å². The Labute approximate surface area is 183 Å². The summed E-state index contributed by atoms with van der Waals surface area (Å²) in [5.41, 5.74) is 3.02. The van der Waals surface area contributed by atoms with E-state index >= 15 is 0 Å². The minimum Gasteiger partial charge on any atom is -0.369 e. The molecule has 1 aliphatic carbocycles. The number of aliphatic imine (C=N–C) groups is 1. The first-order valence-corrected chi connectivity index (χ1v) is 10.8. The van der Waals surface area contributed by atoms with Gasteiger partial charge in [-0.1, -0.05) is 0 Å². The van der Waals surface area contributed by atoms with E-state index in [4.69, 9.17) is 12.2 Å². The Balaban J connectivity index is 1.31. The monoisotopic (exact) mass is 474 g/mol. The molecule has 1 aromatic heterocycles. The second kappa shape index (κ2) is 9.47. The van der Waals surface area contributed by atoms with E-state index in [2.05, 4.69) is 57.5 Å². The molecular weight excluding hydrogens is 452 g/mol. The summed E-state index contributed by atoms with van der Waals surface area (Å²) in [4.78, 5) is 13.3. The van der Waals surface area contributed by atoms with Crippen LogP contribution in [0.4, 0.5) is 23.1 Å². The van der Waals surface area contributed by atoms with E-state index in [1.54, 1.807) is 6.20 Å². The van der Waals surface area contributed by atoms with Gasteiger partial charge in [0.1, 0.15) is 5.82 Å². The number of rotatable bonds is 8. The van der Waals surface area contributed by atoms with Crippen molar-refractivity contribution in [3.63, 3.8) is 0 Å². The normalized spacial score (nSPS) is 15.6. The van der Waals surface area contributed by atoms with Gasteiger partial charge in [0, 0.05) is 48.8 Å². The molecule has 1 saturated carbocycles. The summed E-state index contributed by atoms with van der Waals surface area (Å²) >= 11 is 8.81. The van der Waals surface area contributed by atoms with Crippen LogP contribution >= 0.6 is 28.1 Å². The molecule has 4 rings (SSSR count). The molecule has 29 heavy (non-hydrogen) atoms. The van der Waals surface area contributed by atoms with Crippen molar-refractivity contribution in [3.8, 4) is 0 Å². The Bertz CT molecular complexity index is 898. The summed E-state index contributed by atoms with van der Waals surface area (Å²) in [6.07, 6.45) is 5.02. The predicted octanol–water partition coefficient (Wildman–Crippen LogP) is 3.24. The number of hydrogen-bond acceptors (Lipinski definition) is 7. The van der Waals surface area contributed by atoms with Gasteiger partial charge in [-0.2, -0.15) is 4.98 Å². The van der Waals surface area contributed by atoms with Gasteiger partial charge in [0.2, 0.25) is 5.95 Å². The van der Waals surface area contributed by atoms with Crippen molar-refractivity contribution in [2.75, 3.05) is 35.7 Å². The standard InChI is InChI=1S/C19H23BrN8S/c20-16-10-23-18(28-17(16)22-8-7-15-9-21-11-24-15)25-12-1-3-13(4-2-12)26-19(29)27-14-5-6-14/h1-4,10,14,21H,5-9,11H2,(H2,26,27,29)(H2,22,23,25,28). The molecule has 1 aromatic carbocycles. The molecule has 10 heteroatoms. The lowest BCUT2D eigenvalue weighted by Gasteiger charge is -2.12. The van der Waals surface area contributed by atoms with Gasteiger partial charge in [-0.25, -0.2) is 4.98 Å². The van der Waals surface area contributed by atoms with Gasteiger partial charge >= 0.3 is 0 Å². The lowest BCUT2D eigenvalue weighted by molar-refractivity contribution is 0.848. The van der Waals surface area contributed by atoms with E-state index in [1.165, 1.54) is 18.6 Å². The highest BCUT2D eigenvalue weighted by atomic mass is 79.9. The number of nitrogens with one attached hydrogen (secondary N) is 5. The molecule has 0 atom stereocenters. The maximum absolute atomic E-state index is 5.31. The summed E-state index contributed by atoms with van der Waals surface area (Å²) in [5.74, 6) is 1.28. The second-order valence-corrected chi connectivity index (χ2v) is 8.21. The second-order valence-electron chi connectivity index (χ2n) is 6.95. The maximum Gasteiger partial charge on any atom is 0.229 e. The van der Waals surface area contributed by atoms with Crippen LogP contribution < -0.4 is 26.6 Å². The van der Waals surface area contributed by atoms with Crippen molar-refractivity contribution < 1.29 is 0 Å².